The number of imidazole rings is 1. The molecule has 1 saturated carbocycles. The van der Waals surface area contributed by atoms with Crippen molar-refractivity contribution in [2.75, 3.05) is 5.32 Å². The average molecular weight is 504 g/mol. The zero-order chi connectivity index (χ0) is 25.6. The second-order valence-corrected chi connectivity index (χ2v) is 9.64. The fraction of sp³-hybridized carbons (Fsp3) is 0.138. The molecule has 9 heteroatoms. The molecule has 8 nitrogen and oxygen atoms in total. The van der Waals surface area contributed by atoms with Crippen LogP contribution in [0.5, 0.6) is 0 Å². The van der Waals surface area contributed by atoms with Crippen LogP contribution in [0.4, 0.5) is 10.1 Å². The van der Waals surface area contributed by atoms with Crippen molar-refractivity contribution < 1.29 is 9.18 Å². The molecule has 4 aromatic heterocycles. The zero-order valence-electron chi connectivity index (χ0n) is 20.2. The molecule has 0 radical (unpaired) electrons. The number of aromatic nitrogens is 6. The van der Waals surface area contributed by atoms with Gasteiger partial charge in [0.15, 0.2) is 5.82 Å². The number of amides is 1. The third-order valence-electron chi connectivity index (χ3n) is 6.87. The third-order valence-corrected chi connectivity index (χ3v) is 6.87. The van der Waals surface area contributed by atoms with Crippen LogP contribution in [0.25, 0.3) is 55.7 Å². The molecule has 1 aliphatic carbocycles. The Morgan fingerprint density at radius 3 is 2.68 bits per heavy atom. The highest BCUT2D eigenvalue weighted by atomic mass is 19.1. The highest BCUT2D eigenvalue weighted by Gasteiger charge is 2.24. The van der Waals surface area contributed by atoms with Gasteiger partial charge in [0.2, 0.25) is 5.91 Å². The summed E-state index contributed by atoms with van der Waals surface area (Å²) < 4.78 is 14.5. The number of carbonyl (C=O) groups is 1. The van der Waals surface area contributed by atoms with E-state index in [2.05, 4.69) is 30.5 Å². The number of fused-ring (bicyclic) bond motifs is 2. The van der Waals surface area contributed by atoms with Gasteiger partial charge in [-0.25, -0.2) is 9.37 Å². The highest BCUT2D eigenvalue weighted by Crippen LogP contribution is 2.34. The molecule has 6 aromatic rings. The molecule has 1 amide bonds. The normalized spacial score (nSPS) is 13.3. The largest absolute Gasteiger partial charge is 0.335 e. The number of anilines is 1. The lowest BCUT2D eigenvalue weighted by Gasteiger charge is -2.07. The van der Waals surface area contributed by atoms with E-state index in [9.17, 15) is 9.18 Å². The first kappa shape index (κ1) is 22.3. The maximum atomic E-state index is 14.5. The van der Waals surface area contributed by atoms with E-state index in [0.29, 0.717) is 51.7 Å². The Balaban J connectivity index is 1.26. The van der Waals surface area contributed by atoms with E-state index in [1.54, 1.807) is 43.0 Å². The van der Waals surface area contributed by atoms with E-state index in [0.717, 1.165) is 34.9 Å². The average Bonchev–Trinajstić information content (AvgIpc) is 3.46. The van der Waals surface area contributed by atoms with Gasteiger partial charge in [-0.2, -0.15) is 5.10 Å². The maximum Gasteiger partial charge on any atom is 0.224 e. The Hall–Kier alpha value is -4.92. The SMILES string of the molecule is O=C(CC1CC1)Nc1cncc(-c2ccc3[nH]nc(-c4nc5c(-c6ccccc6F)cncc5[nH]4)c3c2)c1. The predicted octanol–water partition coefficient (Wildman–Crippen LogP) is 6.11. The summed E-state index contributed by atoms with van der Waals surface area (Å²) in [6, 6.07) is 14.5. The van der Waals surface area contributed by atoms with Crippen LogP contribution in [0.2, 0.25) is 0 Å². The smallest absolute Gasteiger partial charge is 0.224 e. The molecular formula is C29H22FN7O. The minimum absolute atomic E-state index is 0.0214. The van der Waals surface area contributed by atoms with Gasteiger partial charge in [0.05, 0.1) is 29.1 Å². The molecule has 38 heavy (non-hydrogen) atoms. The van der Waals surface area contributed by atoms with Crippen LogP contribution in [-0.2, 0) is 4.79 Å². The van der Waals surface area contributed by atoms with Crippen molar-refractivity contribution in [1.29, 1.82) is 0 Å². The lowest BCUT2D eigenvalue weighted by molar-refractivity contribution is -0.116. The van der Waals surface area contributed by atoms with Crippen molar-refractivity contribution in [3.63, 3.8) is 0 Å². The second-order valence-electron chi connectivity index (χ2n) is 9.64. The first-order valence-corrected chi connectivity index (χ1v) is 12.4. The zero-order valence-corrected chi connectivity index (χ0v) is 20.2. The summed E-state index contributed by atoms with van der Waals surface area (Å²) in [5.74, 6) is 0.757. The molecule has 0 aliphatic heterocycles. The fourth-order valence-corrected chi connectivity index (χ4v) is 4.76. The molecule has 0 saturated heterocycles. The Bertz CT molecular complexity index is 1840. The highest BCUT2D eigenvalue weighted by molar-refractivity contribution is 5.98. The molecule has 0 bridgehead atoms. The summed E-state index contributed by atoms with van der Waals surface area (Å²) in [5.41, 5.74) is 6.31. The number of pyridine rings is 2. The van der Waals surface area contributed by atoms with Gasteiger partial charge in [-0.15, -0.1) is 0 Å². The van der Waals surface area contributed by atoms with Crippen molar-refractivity contribution in [3.8, 4) is 33.8 Å². The number of nitrogens with one attached hydrogen (secondary N) is 3. The van der Waals surface area contributed by atoms with Crippen LogP contribution in [0.1, 0.15) is 19.3 Å². The Morgan fingerprint density at radius 1 is 0.947 bits per heavy atom. The summed E-state index contributed by atoms with van der Waals surface area (Å²) in [7, 11) is 0. The molecule has 186 valence electrons. The molecule has 0 unspecified atom stereocenters. The molecule has 2 aromatic carbocycles. The summed E-state index contributed by atoms with van der Waals surface area (Å²) in [5, 5.41) is 11.4. The summed E-state index contributed by atoms with van der Waals surface area (Å²) >= 11 is 0. The van der Waals surface area contributed by atoms with Gasteiger partial charge in [0.1, 0.15) is 17.0 Å². The first-order valence-electron chi connectivity index (χ1n) is 12.4. The lowest BCUT2D eigenvalue weighted by Crippen LogP contribution is -2.12. The second kappa shape index (κ2) is 8.88. The van der Waals surface area contributed by atoms with Crippen LogP contribution < -0.4 is 5.32 Å². The molecular weight excluding hydrogens is 481 g/mol. The summed E-state index contributed by atoms with van der Waals surface area (Å²) in [6.07, 6.45) is 9.54. The van der Waals surface area contributed by atoms with E-state index >= 15 is 0 Å². The van der Waals surface area contributed by atoms with Gasteiger partial charge in [-0.05, 0) is 48.6 Å². The van der Waals surface area contributed by atoms with Crippen LogP contribution in [0.15, 0.2) is 73.3 Å². The maximum absolute atomic E-state index is 14.5. The topological polar surface area (TPSA) is 112 Å². The number of aromatic amines is 2. The number of carbonyl (C=O) groups excluding carboxylic acids is 1. The number of nitrogens with zero attached hydrogens (tertiary/aromatic N) is 4. The third kappa shape index (κ3) is 4.07. The van der Waals surface area contributed by atoms with Crippen LogP contribution in [-0.4, -0.2) is 36.0 Å². The van der Waals surface area contributed by atoms with Crippen molar-refractivity contribution in [3.05, 3.63) is 79.1 Å². The molecule has 0 spiro atoms. The number of H-pyrrole nitrogens is 2. The van der Waals surface area contributed by atoms with E-state index < -0.39 is 0 Å². The Labute approximate surface area is 216 Å². The van der Waals surface area contributed by atoms with Crippen LogP contribution in [0, 0.1) is 11.7 Å². The van der Waals surface area contributed by atoms with Gasteiger partial charge in [-0.3, -0.25) is 19.9 Å². The van der Waals surface area contributed by atoms with E-state index in [1.165, 1.54) is 6.07 Å². The molecule has 1 aliphatic rings. The van der Waals surface area contributed by atoms with Gasteiger partial charge in [0.25, 0.3) is 0 Å². The molecule has 4 heterocycles. The van der Waals surface area contributed by atoms with Crippen molar-refractivity contribution >= 4 is 33.5 Å². The number of hydrogen-bond donors (Lipinski definition) is 3. The van der Waals surface area contributed by atoms with Gasteiger partial charge < -0.3 is 10.3 Å². The predicted molar refractivity (Wildman–Crippen MR) is 144 cm³/mol. The number of benzene rings is 2. The number of rotatable bonds is 6. The van der Waals surface area contributed by atoms with Gasteiger partial charge in [0, 0.05) is 40.9 Å². The van der Waals surface area contributed by atoms with Crippen LogP contribution in [0.3, 0.4) is 0 Å². The summed E-state index contributed by atoms with van der Waals surface area (Å²) in [4.78, 5) is 29.0. The monoisotopic (exact) mass is 503 g/mol. The van der Waals surface area contributed by atoms with Crippen molar-refractivity contribution in [2.45, 2.75) is 19.3 Å². The van der Waals surface area contributed by atoms with E-state index in [4.69, 9.17) is 4.98 Å². The molecule has 0 atom stereocenters. The number of halogens is 1. The molecule has 1 fully saturated rings. The quantitative estimate of drug-likeness (QED) is 0.254. The standard InChI is InChI=1S/C29H22FN7O/c30-23-4-2-1-3-20(23)22-14-32-15-25-27(22)35-29(34-25)28-21-11-17(7-8-24(21)36-37-28)18-10-19(13-31-12-18)33-26(38)9-16-5-6-16/h1-4,7-8,10-16H,5-6,9H2,(H,33,38)(H,34,35)(H,36,37). The number of hydrogen-bond acceptors (Lipinski definition) is 5. The minimum Gasteiger partial charge on any atom is -0.335 e. The molecule has 3 N–H and O–H groups in total. The van der Waals surface area contributed by atoms with Gasteiger partial charge >= 0.3 is 0 Å². The lowest BCUT2D eigenvalue weighted by atomic mass is 10.0. The fourth-order valence-electron chi connectivity index (χ4n) is 4.76. The molecule has 7 rings (SSSR count). The minimum atomic E-state index is -0.333. The van der Waals surface area contributed by atoms with Gasteiger partial charge in [-0.1, -0.05) is 24.3 Å². The van der Waals surface area contributed by atoms with E-state index in [1.807, 2.05) is 24.3 Å². The van der Waals surface area contributed by atoms with E-state index in [-0.39, 0.29) is 11.7 Å². The van der Waals surface area contributed by atoms with Crippen molar-refractivity contribution in [2.24, 2.45) is 5.92 Å². The summed E-state index contributed by atoms with van der Waals surface area (Å²) in [6.45, 7) is 0. The Kier molecular flexibility index (Phi) is 5.21. The Morgan fingerprint density at radius 2 is 1.82 bits per heavy atom. The van der Waals surface area contributed by atoms with Crippen LogP contribution >= 0.6 is 0 Å². The first-order chi connectivity index (χ1) is 18.6. The van der Waals surface area contributed by atoms with Crippen molar-refractivity contribution in [1.82, 2.24) is 30.1 Å².